The first-order valence-corrected chi connectivity index (χ1v) is 7.67. The van der Waals surface area contributed by atoms with Crippen LogP contribution in [0.15, 0.2) is 58.0 Å². The zero-order valence-electron chi connectivity index (χ0n) is 11.7. The van der Waals surface area contributed by atoms with Crippen molar-refractivity contribution in [3.05, 3.63) is 54.5 Å². The maximum absolute atomic E-state index is 11.8. The molecule has 0 radical (unpaired) electrons. The maximum atomic E-state index is 11.8. The number of carbonyl (C=O) groups is 2. The maximum Gasteiger partial charge on any atom is 0.230 e. The lowest BCUT2D eigenvalue weighted by molar-refractivity contribution is -0.119. The number of amides is 1. The highest BCUT2D eigenvalue weighted by Crippen LogP contribution is 2.16. The summed E-state index contributed by atoms with van der Waals surface area (Å²) in [5, 5.41) is 2.82. The van der Waals surface area contributed by atoms with Crippen LogP contribution < -0.4 is 5.32 Å². The molecule has 1 N–H and O–H groups in total. The molecule has 0 saturated heterocycles. The lowest BCUT2D eigenvalue weighted by atomic mass is 10.1. The van der Waals surface area contributed by atoms with Gasteiger partial charge in [-0.15, -0.1) is 11.8 Å². The topological polar surface area (TPSA) is 59.3 Å². The van der Waals surface area contributed by atoms with E-state index in [0.717, 1.165) is 4.90 Å². The van der Waals surface area contributed by atoms with Crippen LogP contribution >= 0.6 is 11.8 Å². The minimum Gasteiger partial charge on any atom is -0.461 e. The van der Waals surface area contributed by atoms with E-state index < -0.39 is 0 Å². The Balaban J connectivity index is 1.73. The third-order valence-electron chi connectivity index (χ3n) is 2.81. The summed E-state index contributed by atoms with van der Waals surface area (Å²) in [5.41, 5.74) is 0. The van der Waals surface area contributed by atoms with Gasteiger partial charge < -0.3 is 9.73 Å². The van der Waals surface area contributed by atoms with Gasteiger partial charge in [0.05, 0.1) is 12.0 Å². The van der Waals surface area contributed by atoms with E-state index in [1.807, 2.05) is 37.3 Å². The highest BCUT2D eigenvalue weighted by molar-refractivity contribution is 8.00. The molecule has 0 saturated carbocycles. The van der Waals surface area contributed by atoms with Crippen LogP contribution in [0.3, 0.4) is 0 Å². The van der Waals surface area contributed by atoms with E-state index in [-0.39, 0.29) is 24.2 Å². The fourth-order valence-electron chi connectivity index (χ4n) is 1.85. The van der Waals surface area contributed by atoms with Gasteiger partial charge in [-0.25, -0.2) is 0 Å². The standard InChI is InChI=1S/C16H17NO3S/c1-12(10-14(18)15-8-5-9-20-15)17-16(19)11-21-13-6-3-2-4-7-13/h2-9,12H,10-11H2,1H3,(H,17,19). The van der Waals surface area contributed by atoms with E-state index in [4.69, 9.17) is 4.42 Å². The van der Waals surface area contributed by atoms with Crippen LogP contribution in [0, 0.1) is 0 Å². The van der Waals surface area contributed by atoms with E-state index >= 15 is 0 Å². The predicted octanol–water partition coefficient (Wildman–Crippen LogP) is 3.15. The van der Waals surface area contributed by atoms with E-state index in [0.29, 0.717) is 11.5 Å². The lowest BCUT2D eigenvalue weighted by Gasteiger charge is -2.12. The molecule has 1 aromatic heterocycles. The quantitative estimate of drug-likeness (QED) is 0.630. The summed E-state index contributed by atoms with van der Waals surface area (Å²) in [5.74, 6) is 0.477. The lowest BCUT2D eigenvalue weighted by Crippen LogP contribution is -2.35. The third-order valence-corrected chi connectivity index (χ3v) is 3.82. The minimum atomic E-state index is -0.216. The van der Waals surface area contributed by atoms with E-state index in [1.54, 1.807) is 12.1 Å². The molecule has 110 valence electrons. The first kappa shape index (κ1) is 15.4. The van der Waals surface area contributed by atoms with Gasteiger partial charge in [0.25, 0.3) is 0 Å². The first-order chi connectivity index (χ1) is 10.1. The van der Waals surface area contributed by atoms with Crippen LogP contribution in [0.5, 0.6) is 0 Å². The monoisotopic (exact) mass is 303 g/mol. The Kier molecular flexibility index (Phi) is 5.63. The number of nitrogens with one attached hydrogen (secondary N) is 1. The summed E-state index contributed by atoms with van der Waals surface area (Å²) >= 11 is 1.47. The molecule has 0 fully saturated rings. The van der Waals surface area contributed by atoms with Gasteiger partial charge in [-0.1, -0.05) is 18.2 Å². The second-order valence-corrected chi connectivity index (χ2v) is 5.72. The number of benzene rings is 1. The molecule has 5 heteroatoms. The molecule has 0 bridgehead atoms. The fraction of sp³-hybridized carbons (Fsp3) is 0.250. The largest absolute Gasteiger partial charge is 0.461 e. The number of hydrogen-bond donors (Lipinski definition) is 1. The smallest absolute Gasteiger partial charge is 0.230 e. The molecule has 21 heavy (non-hydrogen) atoms. The van der Waals surface area contributed by atoms with Gasteiger partial charge >= 0.3 is 0 Å². The molecule has 2 aromatic rings. The second-order valence-electron chi connectivity index (χ2n) is 4.67. The Hall–Kier alpha value is -2.01. The summed E-state index contributed by atoms with van der Waals surface area (Å²) in [6.07, 6.45) is 1.70. The Labute approximate surface area is 127 Å². The summed E-state index contributed by atoms with van der Waals surface area (Å²) in [7, 11) is 0. The van der Waals surface area contributed by atoms with Crippen LogP contribution in [-0.2, 0) is 4.79 Å². The number of Topliss-reactive ketones (excluding diaryl/α,β-unsaturated/α-hetero) is 1. The summed E-state index contributed by atoms with van der Waals surface area (Å²) in [6.45, 7) is 1.81. The molecule has 0 aliphatic carbocycles. The minimum absolute atomic E-state index is 0.0800. The zero-order chi connectivity index (χ0) is 15.1. The van der Waals surface area contributed by atoms with Gasteiger partial charge in [-0.05, 0) is 31.2 Å². The molecule has 1 aromatic carbocycles. The first-order valence-electron chi connectivity index (χ1n) is 6.69. The SMILES string of the molecule is CC(CC(=O)c1ccco1)NC(=O)CSc1ccccc1. The van der Waals surface area contributed by atoms with E-state index in [9.17, 15) is 9.59 Å². The van der Waals surface area contributed by atoms with Gasteiger partial charge in [0.1, 0.15) is 0 Å². The third kappa shape index (κ3) is 5.11. The Morgan fingerprint density at radius 2 is 1.95 bits per heavy atom. The van der Waals surface area contributed by atoms with Crippen molar-refractivity contribution in [1.29, 1.82) is 0 Å². The summed E-state index contributed by atoms with van der Waals surface area (Å²) in [6, 6.07) is 12.8. The van der Waals surface area contributed by atoms with Crippen molar-refractivity contribution >= 4 is 23.5 Å². The molecule has 2 rings (SSSR count). The molecular formula is C16H17NO3S. The Morgan fingerprint density at radius 3 is 2.62 bits per heavy atom. The molecule has 1 unspecified atom stereocenters. The normalized spacial score (nSPS) is 11.9. The zero-order valence-corrected chi connectivity index (χ0v) is 12.6. The molecule has 0 aliphatic heterocycles. The van der Waals surface area contributed by atoms with Gasteiger partial charge in [0.2, 0.25) is 5.91 Å². The number of ketones is 1. The van der Waals surface area contributed by atoms with Crippen molar-refractivity contribution in [2.45, 2.75) is 24.3 Å². The number of hydrogen-bond acceptors (Lipinski definition) is 4. The highest BCUT2D eigenvalue weighted by Gasteiger charge is 2.15. The number of thioether (sulfide) groups is 1. The second kappa shape index (κ2) is 7.69. The van der Waals surface area contributed by atoms with Crippen molar-refractivity contribution in [3.63, 3.8) is 0 Å². The number of carbonyl (C=O) groups excluding carboxylic acids is 2. The summed E-state index contributed by atoms with van der Waals surface area (Å²) in [4.78, 5) is 24.7. The molecule has 1 heterocycles. The van der Waals surface area contributed by atoms with Crippen molar-refractivity contribution in [1.82, 2.24) is 5.32 Å². The van der Waals surface area contributed by atoms with Crippen LogP contribution in [0.25, 0.3) is 0 Å². The van der Waals surface area contributed by atoms with Gasteiger partial charge in [0, 0.05) is 17.4 Å². The Bertz CT molecular complexity index is 581. The van der Waals surface area contributed by atoms with Crippen LogP contribution in [0.1, 0.15) is 23.9 Å². The van der Waals surface area contributed by atoms with E-state index in [2.05, 4.69) is 5.32 Å². The Morgan fingerprint density at radius 1 is 1.19 bits per heavy atom. The molecular weight excluding hydrogens is 286 g/mol. The van der Waals surface area contributed by atoms with E-state index in [1.165, 1.54) is 18.0 Å². The molecule has 0 spiro atoms. The van der Waals surface area contributed by atoms with Gasteiger partial charge in [-0.2, -0.15) is 0 Å². The van der Waals surface area contributed by atoms with Crippen molar-refractivity contribution in [2.75, 3.05) is 5.75 Å². The van der Waals surface area contributed by atoms with Crippen LogP contribution in [0.2, 0.25) is 0 Å². The highest BCUT2D eigenvalue weighted by atomic mass is 32.2. The molecule has 1 atom stereocenters. The number of furan rings is 1. The van der Waals surface area contributed by atoms with Crippen molar-refractivity contribution in [2.24, 2.45) is 0 Å². The molecule has 0 aliphatic rings. The van der Waals surface area contributed by atoms with Gasteiger partial charge in [0.15, 0.2) is 11.5 Å². The van der Waals surface area contributed by atoms with Crippen molar-refractivity contribution in [3.8, 4) is 0 Å². The molecule has 4 nitrogen and oxygen atoms in total. The van der Waals surface area contributed by atoms with Crippen molar-refractivity contribution < 1.29 is 14.0 Å². The predicted molar refractivity (Wildman–Crippen MR) is 82.4 cm³/mol. The fourth-order valence-corrected chi connectivity index (χ4v) is 2.58. The number of rotatable bonds is 7. The summed E-state index contributed by atoms with van der Waals surface area (Å²) < 4.78 is 5.04. The average molecular weight is 303 g/mol. The molecule has 1 amide bonds. The van der Waals surface area contributed by atoms with Crippen LogP contribution in [-0.4, -0.2) is 23.5 Å². The van der Waals surface area contributed by atoms with Gasteiger partial charge in [-0.3, -0.25) is 9.59 Å². The van der Waals surface area contributed by atoms with Crippen LogP contribution in [0.4, 0.5) is 0 Å². The average Bonchev–Trinajstić information content (AvgIpc) is 3.00.